The van der Waals surface area contributed by atoms with E-state index in [4.69, 9.17) is 0 Å². The molecule has 4 aromatic heterocycles. The molecule has 0 bridgehead atoms. The molecule has 4 heteroatoms. The van der Waals surface area contributed by atoms with Gasteiger partial charge in [0.05, 0.1) is 0 Å². The van der Waals surface area contributed by atoms with Gasteiger partial charge in [0.1, 0.15) is 0 Å². The second-order valence-electron chi connectivity index (χ2n) is 6.47. The first-order chi connectivity index (χ1) is 13.9. The number of pyridine rings is 4. The van der Waals surface area contributed by atoms with Crippen molar-refractivity contribution in [3.63, 3.8) is 0 Å². The summed E-state index contributed by atoms with van der Waals surface area (Å²) >= 11 is 0. The molecule has 1 aliphatic rings. The average molecular weight is 360 g/mol. The Morgan fingerprint density at radius 2 is 0.607 bits per heavy atom. The zero-order chi connectivity index (χ0) is 18.8. The van der Waals surface area contributed by atoms with Gasteiger partial charge in [0, 0.05) is 94.1 Å². The molecule has 0 aromatic carbocycles. The number of aromatic nitrogens is 4. The minimum absolute atomic E-state index is 1.08. The van der Waals surface area contributed by atoms with E-state index in [2.05, 4.69) is 44.2 Å². The highest BCUT2D eigenvalue weighted by atomic mass is 14.6. The predicted octanol–water partition coefficient (Wildman–Crippen LogP) is 4.80. The molecule has 0 radical (unpaired) electrons. The van der Waals surface area contributed by atoms with Crippen molar-refractivity contribution in [2.24, 2.45) is 0 Å². The molecule has 0 aliphatic heterocycles. The quantitative estimate of drug-likeness (QED) is 0.524. The Hall–Kier alpha value is -3.92. The highest BCUT2D eigenvalue weighted by Crippen LogP contribution is 2.55. The van der Waals surface area contributed by atoms with E-state index in [1.165, 1.54) is 0 Å². The topological polar surface area (TPSA) is 51.6 Å². The molecule has 0 spiro atoms. The predicted molar refractivity (Wildman–Crippen MR) is 111 cm³/mol. The molecule has 0 saturated carbocycles. The lowest BCUT2D eigenvalue weighted by molar-refractivity contribution is 1.28. The molecule has 28 heavy (non-hydrogen) atoms. The molecule has 4 nitrogen and oxygen atoms in total. The maximum Gasteiger partial charge on any atom is 0.0346 e. The zero-order valence-corrected chi connectivity index (χ0v) is 15.0. The van der Waals surface area contributed by atoms with Crippen LogP contribution in [0.2, 0.25) is 0 Å². The van der Waals surface area contributed by atoms with E-state index in [9.17, 15) is 0 Å². The van der Waals surface area contributed by atoms with Crippen LogP contribution in [-0.2, 0) is 0 Å². The first kappa shape index (κ1) is 16.3. The largest absolute Gasteiger partial charge is 0.264 e. The lowest BCUT2D eigenvalue weighted by Crippen LogP contribution is -2.11. The lowest BCUT2D eigenvalue weighted by Gasteiger charge is -2.32. The summed E-state index contributed by atoms with van der Waals surface area (Å²) in [5.41, 5.74) is 8.95. The van der Waals surface area contributed by atoms with Gasteiger partial charge in [-0.3, -0.25) is 19.9 Å². The summed E-state index contributed by atoms with van der Waals surface area (Å²) < 4.78 is 0. The van der Waals surface area contributed by atoms with Crippen LogP contribution in [0.5, 0.6) is 0 Å². The van der Waals surface area contributed by atoms with Crippen LogP contribution in [0.3, 0.4) is 0 Å². The van der Waals surface area contributed by atoms with Crippen molar-refractivity contribution >= 4 is 22.3 Å². The molecule has 5 rings (SSSR count). The van der Waals surface area contributed by atoms with Crippen molar-refractivity contribution in [3.8, 4) is 0 Å². The minimum Gasteiger partial charge on any atom is -0.264 e. The van der Waals surface area contributed by atoms with Crippen LogP contribution in [0, 0.1) is 0 Å². The number of nitrogens with zero attached hydrogens (tertiary/aromatic N) is 4. The van der Waals surface area contributed by atoms with E-state index in [1.54, 1.807) is 24.8 Å². The molecule has 4 aromatic rings. The monoisotopic (exact) mass is 360 g/mol. The van der Waals surface area contributed by atoms with Gasteiger partial charge >= 0.3 is 0 Å². The van der Waals surface area contributed by atoms with Crippen LogP contribution in [0.25, 0.3) is 22.3 Å². The SMILES string of the molecule is c1cncc(C2=C(c3cccnc3)C(c3cccnc3)=C2c2cccnc2)c1. The van der Waals surface area contributed by atoms with E-state index < -0.39 is 0 Å². The Morgan fingerprint density at radius 3 is 0.786 bits per heavy atom. The van der Waals surface area contributed by atoms with E-state index >= 15 is 0 Å². The third kappa shape index (κ3) is 2.72. The van der Waals surface area contributed by atoms with Crippen LogP contribution >= 0.6 is 0 Å². The van der Waals surface area contributed by atoms with Crippen LogP contribution < -0.4 is 0 Å². The van der Waals surface area contributed by atoms with E-state index in [0.29, 0.717) is 0 Å². The maximum atomic E-state index is 4.34. The van der Waals surface area contributed by atoms with E-state index in [1.807, 2.05) is 49.1 Å². The van der Waals surface area contributed by atoms with Crippen molar-refractivity contribution < 1.29 is 0 Å². The zero-order valence-electron chi connectivity index (χ0n) is 15.0. The molecule has 132 valence electrons. The average Bonchev–Trinajstić information content (AvgIpc) is 2.76. The summed E-state index contributed by atoms with van der Waals surface area (Å²) in [4.78, 5) is 17.4. The highest BCUT2D eigenvalue weighted by molar-refractivity contribution is 6.43. The summed E-state index contributed by atoms with van der Waals surface area (Å²) in [6, 6.07) is 16.2. The Balaban J connectivity index is 1.80. The van der Waals surface area contributed by atoms with Crippen molar-refractivity contribution in [1.29, 1.82) is 0 Å². The van der Waals surface area contributed by atoms with E-state index in [0.717, 1.165) is 44.5 Å². The second kappa shape index (κ2) is 7.00. The van der Waals surface area contributed by atoms with Crippen LogP contribution in [0.15, 0.2) is 98.1 Å². The number of hydrogen-bond acceptors (Lipinski definition) is 4. The Labute approximate surface area is 163 Å². The molecular formula is C24H16N4. The minimum atomic E-state index is 1.08. The second-order valence-corrected chi connectivity index (χ2v) is 6.47. The van der Waals surface area contributed by atoms with Crippen LogP contribution in [0.1, 0.15) is 22.3 Å². The van der Waals surface area contributed by atoms with Crippen molar-refractivity contribution in [1.82, 2.24) is 19.9 Å². The number of allylic oxidation sites excluding steroid dienone is 4. The van der Waals surface area contributed by atoms with Gasteiger partial charge in [0.2, 0.25) is 0 Å². The third-order valence-electron chi connectivity index (χ3n) is 4.80. The first-order valence-corrected chi connectivity index (χ1v) is 9.04. The Morgan fingerprint density at radius 1 is 0.357 bits per heavy atom. The molecule has 1 aliphatic carbocycles. The normalized spacial score (nSPS) is 13.4. The molecule has 4 heterocycles. The first-order valence-electron chi connectivity index (χ1n) is 9.04. The molecule has 0 unspecified atom stereocenters. The molecule has 0 atom stereocenters. The standard InChI is InChI=1S/C24H16N4/c1-5-17(13-25-9-1)21-22(18-6-2-10-26-14-18)24(20-8-4-12-28-16-20)23(21)19-7-3-11-27-15-19/h1-16H. The Bertz CT molecular complexity index is 963. The number of hydrogen-bond donors (Lipinski definition) is 0. The molecular weight excluding hydrogens is 344 g/mol. The fourth-order valence-electron chi connectivity index (χ4n) is 3.63. The van der Waals surface area contributed by atoms with Crippen molar-refractivity contribution in [2.75, 3.05) is 0 Å². The molecule has 0 amide bonds. The van der Waals surface area contributed by atoms with Crippen molar-refractivity contribution in [3.05, 3.63) is 120 Å². The summed E-state index contributed by atoms with van der Waals surface area (Å²) in [6.07, 6.45) is 14.8. The summed E-state index contributed by atoms with van der Waals surface area (Å²) in [6.45, 7) is 0. The van der Waals surface area contributed by atoms with Gasteiger partial charge in [-0.1, -0.05) is 24.3 Å². The molecule has 0 fully saturated rings. The fourth-order valence-corrected chi connectivity index (χ4v) is 3.63. The van der Waals surface area contributed by atoms with E-state index in [-0.39, 0.29) is 0 Å². The molecule has 0 saturated heterocycles. The van der Waals surface area contributed by atoms with Gasteiger partial charge < -0.3 is 0 Å². The van der Waals surface area contributed by atoms with Gasteiger partial charge in [-0.25, -0.2) is 0 Å². The van der Waals surface area contributed by atoms with Crippen LogP contribution in [0.4, 0.5) is 0 Å². The maximum absolute atomic E-state index is 4.34. The van der Waals surface area contributed by atoms with Gasteiger partial charge in [-0.05, 0) is 24.3 Å². The smallest absolute Gasteiger partial charge is 0.0346 e. The summed E-state index contributed by atoms with van der Waals surface area (Å²) in [7, 11) is 0. The van der Waals surface area contributed by atoms with Gasteiger partial charge in [0.15, 0.2) is 0 Å². The highest BCUT2D eigenvalue weighted by Gasteiger charge is 2.33. The summed E-state index contributed by atoms with van der Waals surface area (Å²) in [5, 5.41) is 0. The van der Waals surface area contributed by atoms with Crippen LogP contribution in [-0.4, -0.2) is 19.9 Å². The Kier molecular flexibility index (Phi) is 4.07. The molecule has 0 N–H and O–H groups in total. The van der Waals surface area contributed by atoms with Crippen molar-refractivity contribution in [2.45, 2.75) is 0 Å². The number of rotatable bonds is 4. The van der Waals surface area contributed by atoms with Gasteiger partial charge in [0.25, 0.3) is 0 Å². The fraction of sp³-hybridized carbons (Fsp3) is 0. The summed E-state index contributed by atoms with van der Waals surface area (Å²) in [5.74, 6) is 0. The third-order valence-corrected chi connectivity index (χ3v) is 4.80. The lowest BCUT2D eigenvalue weighted by atomic mass is 9.70. The van der Waals surface area contributed by atoms with Gasteiger partial charge in [-0.2, -0.15) is 0 Å². The van der Waals surface area contributed by atoms with Gasteiger partial charge in [-0.15, -0.1) is 0 Å².